The summed E-state index contributed by atoms with van der Waals surface area (Å²) in [4.78, 5) is 236. The lowest BCUT2D eigenvalue weighted by Crippen LogP contribution is -2.52. The summed E-state index contributed by atoms with van der Waals surface area (Å²) in [6.07, 6.45) is 10.9. The monoisotopic (exact) mass is 2120 g/mol. The molecule has 3 saturated heterocycles. The highest BCUT2D eigenvalue weighted by Gasteiger charge is 2.42. The summed E-state index contributed by atoms with van der Waals surface area (Å²) in [6.45, 7) is 10.5. The molecule has 0 bridgehead atoms. The summed E-state index contributed by atoms with van der Waals surface area (Å²) in [5.74, 6) is -12.3. The number of allylic oxidation sites excluding steroid dienone is 2. The van der Waals surface area contributed by atoms with Gasteiger partial charge in [0, 0.05) is 181 Å². The van der Waals surface area contributed by atoms with Crippen LogP contribution >= 0.6 is 0 Å². The zero-order valence-corrected chi connectivity index (χ0v) is 84.8. The molecule has 148 heavy (non-hydrogen) atoms. The minimum Gasteiger partial charge on any atom is -0.480 e. The molecule has 6 aliphatic rings. The molecular weight excluding hydrogens is 1960 g/mol. The smallest absolute Gasteiger partial charge is 0.407 e. The molecule has 0 aromatic heterocycles. The van der Waals surface area contributed by atoms with Crippen molar-refractivity contribution in [1.29, 1.82) is 0 Å². The van der Waals surface area contributed by atoms with E-state index in [4.69, 9.17) is 61.7 Å². The number of ether oxygens (including phenoxy) is 12. The summed E-state index contributed by atoms with van der Waals surface area (Å²) in [7, 11) is 0. The number of carbonyl (C=O) groups is 18. The number of aliphatic carboxylic acids is 8. The van der Waals surface area contributed by atoms with Gasteiger partial charge in [0.2, 0.25) is 17.7 Å². The lowest BCUT2D eigenvalue weighted by atomic mass is 9.78. The van der Waals surface area contributed by atoms with E-state index >= 15 is 0 Å². The molecule has 4 heterocycles. The first kappa shape index (κ1) is 127. The van der Waals surface area contributed by atoms with Gasteiger partial charge >= 0.3 is 65.9 Å². The van der Waals surface area contributed by atoms with Crippen molar-refractivity contribution in [1.82, 2.24) is 75.7 Å². The summed E-state index contributed by atoms with van der Waals surface area (Å²) in [5.41, 5.74) is -1.64. The Labute approximate surface area is 859 Å². The van der Waals surface area contributed by atoms with E-state index < -0.39 is 125 Å². The number of carboxylic acid groups (broad SMARTS) is 8. The molecule has 0 radical (unpaired) electrons. The molecule has 13 N–H and O–H groups in total. The molecule has 6 rings (SSSR count). The average molecular weight is 2120 g/mol. The van der Waals surface area contributed by atoms with Crippen LogP contribution in [0.5, 0.6) is 0 Å². The second-order valence-electron chi connectivity index (χ2n) is 36.0. The third kappa shape index (κ3) is 56.5. The quantitative estimate of drug-likeness (QED) is 0.0163. The van der Waals surface area contributed by atoms with Crippen LogP contribution < -0.4 is 26.6 Å². The molecule has 4 aliphatic heterocycles. The first-order chi connectivity index (χ1) is 70.9. The first-order valence-electron chi connectivity index (χ1n) is 49.9. The van der Waals surface area contributed by atoms with Crippen LogP contribution in [-0.4, -0.2) is 537 Å². The Bertz CT molecular complexity index is 4120. The Hall–Kier alpha value is -11.0. The topological polar surface area (TPSA) is 682 Å². The fourth-order valence-electron chi connectivity index (χ4n) is 16.0. The predicted octanol–water partition coefficient (Wildman–Crippen LogP) is -3.10. The molecule has 2 aliphatic carbocycles. The maximum absolute atomic E-state index is 13.1. The molecule has 54 heteroatoms. The van der Waals surface area contributed by atoms with Gasteiger partial charge in [0.1, 0.15) is 24.3 Å². The van der Waals surface area contributed by atoms with E-state index in [2.05, 4.69) is 26.6 Å². The van der Waals surface area contributed by atoms with Crippen LogP contribution in [0.25, 0.3) is 0 Å². The van der Waals surface area contributed by atoms with E-state index in [1.807, 2.05) is 25.2 Å². The molecule has 6 atom stereocenters. The highest BCUT2D eigenvalue weighted by Crippen LogP contribution is 2.36. The van der Waals surface area contributed by atoms with E-state index in [1.165, 1.54) is 12.2 Å². The average Bonchev–Trinajstić information content (AvgIpc) is 1.62. The van der Waals surface area contributed by atoms with Crippen LogP contribution in [0.1, 0.15) is 104 Å². The minimum atomic E-state index is -1.19. The molecule has 0 spiro atoms. The zero-order valence-electron chi connectivity index (χ0n) is 84.8. The van der Waals surface area contributed by atoms with Crippen LogP contribution in [0.2, 0.25) is 0 Å². The van der Waals surface area contributed by atoms with Gasteiger partial charge in [-0.3, -0.25) is 116 Å². The molecule has 3 fully saturated rings. The SMILES string of the molecule is C[C@]1(C(=O)NCCOCCOCCN2C(=O)C=CC2=O)CC/C=C/[C@@H](OC(=O)NCCOCCOCCOCCOCCNC(=O)CCC(C(=O)O)N2CCN(CC(=O)O)CCN(CC(=O)O)CCN(CC(=O)O)CC2)CC1.C[C@]1(C(=O)ON2C(=O)CCC2=O)CC/C=C/[C@@H](OC(=O)NCCOCCOCCOCCOCCNC(=O)CCC(C(=O)O)N2CCN(CC(=O)O)CCN(CC(=O)O)CCN(CC(=O)O)CC2)CC1. The molecule has 0 saturated carbocycles. The number of imide groups is 2. The molecule has 838 valence electrons. The van der Waals surface area contributed by atoms with Gasteiger partial charge in [-0.25, -0.2) is 14.4 Å². The molecule has 2 unspecified atom stereocenters. The van der Waals surface area contributed by atoms with Crippen molar-refractivity contribution in [3.63, 3.8) is 0 Å². The number of carbonyl (C=O) groups excluding carboxylic acids is 10. The van der Waals surface area contributed by atoms with Crippen LogP contribution in [-0.2, 0) is 138 Å². The Balaban J connectivity index is 0.000000523. The standard InChI is InChI=1S/C50H82N8O20.C44H71N7O19/c1-50(48(70)52-13-25-73-28-31-75-27-23-58-42(60)7-8-43(58)61)10-3-2-4-39(9-11-50)78-49(71)53-14-26-74-30-33-77-35-34-76-32-29-72-24-12-51-41(59)6-5-40(47(68)69)57-21-19-55(37-45(64)65)17-15-54(36-44(62)63)16-18-56(20-22-57)38-46(66)67;1-44(42(63)70-51-36(53)7-8-37(51)54)10-3-2-4-33(9-11-44)69-43(64)46-13-23-66-25-27-68-29-28-67-26-24-65-22-12-45-35(52)6-5-34(41(61)62)50-20-18-48(31-39(57)58)16-14-47(30-38(55)56)15-17-49(19-21-50)32-40(59)60/h2,4,7-8,39-40H,3,5-6,9-38H2,1H3,(H,51,59)(H,52,70)(H,53,71)(H,62,63)(H,64,65)(H,66,67)(H,68,69);2,4,33-34H,3,5-32H2,1H3,(H,45,52)(H,46,64)(H,55,56)(H,57,58)(H,59,60)(H,61,62)/b2*4-2+/t39-,40?,50+;33-,34?,44+/m11/s1. The van der Waals surface area contributed by atoms with Crippen LogP contribution in [0.4, 0.5) is 9.59 Å². The summed E-state index contributed by atoms with van der Waals surface area (Å²) < 4.78 is 66.0. The highest BCUT2D eigenvalue weighted by molar-refractivity contribution is 6.13. The normalized spacial score (nSPS) is 20.7. The number of hydroxylamine groups is 2. The van der Waals surface area contributed by atoms with E-state index in [0.717, 1.165) is 4.90 Å². The van der Waals surface area contributed by atoms with Gasteiger partial charge in [0.25, 0.3) is 23.6 Å². The van der Waals surface area contributed by atoms with Crippen LogP contribution in [0.3, 0.4) is 0 Å². The molecule has 0 aromatic rings. The molecule has 9 amide bonds. The van der Waals surface area contributed by atoms with Gasteiger partial charge in [-0.15, -0.1) is 5.06 Å². The molecule has 0 aromatic carbocycles. The maximum Gasteiger partial charge on any atom is 0.407 e. The van der Waals surface area contributed by atoms with Gasteiger partial charge in [0.05, 0.1) is 183 Å². The first-order valence-corrected chi connectivity index (χ1v) is 49.9. The van der Waals surface area contributed by atoms with Gasteiger partial charge < -0.3 is 129 Å². The number of amides is 9. The van der Waals surface area contributed by atoms with Crippen LogP contribution in [0.15, 0.2) is 36.5 Å². The lowest BCUT2D eigenvalue weighted by Gasteiger charge is -2.35. The number of alkyl carbamates (subject to hydrolysis) is 2. The number of carboxylic acids is 8. The van der Waals surface area contributed by atoms with E-state index in [9.17, 15) is 127 Å². The van der Waals surface area contributed by atoms with Gasteiger partial charge in [-0.05, 0) is 83.3 Å². The summed E-state index contributed by atoms with van der Waals surface area (Å²) in [5, 5.41) is 91.1. The second-order valence-corrected chi connectivity index (χ2v) is 36.0. The molecular formula is C94H153N15O39. The molecule has 54 nitrogen and oxygen atoms in total. The number of nitrogens with zero attached hydrogens (tertiary/aromatic N) is 10. The lowest BCUT2D eigenvalue weighted by molar-refractivity contribution is -0.205. The van der Waals surface area contributed by atoms with Crippen molar-refractivity contribution in [3.8, 4) is 0 Å². The fraction of sp³-hybridized carbons (Fsp3) is 0.745. The van der Waals surface area contributed by atoms with E-state index in [1.54, 1.807) is 52.2 Å². The van der Waals surface area contributed by atoms with Gasteiger partial charge in [0.15, 0.2) is 0 Å². The number of hydrogen-bond donors (Lipinski definition) is 13. The van der Waals surface area contributed by atoms with Crippen molar-refractivity contribution >= 4 is 107 Å². The Kier molecular flexibility index (Phi) is 63.7. The predicted molar refractivity (Wildman–Crippen MR) is 517 cm³/mol. The Morgan fingerprint density at radius 1 is 0.345 bits per heavy atom. The number of nitrogens with one attached hydrogen (secondary N) is 5. The second kappa shape index (κ2) is 74.0. The highest BCUT2D eigenvalue weighted by atomic mass is 16.7. The number of hydrogen-bond acceptors (Lipinski definition) is 39. The Morgan fingerprint density at radius 3 is 0.919 bits per heavy atom. The van der Waals surface area contributed by atoms with Gasteiger partial charge in [-0.2, -0.15) is 0 Å². The fourth-order valence-corrected chi connectivity index (χ4v) is 16.0. The van der Waals surface area contributed by atoms with Crippen molar-refractivity contribution < 1.29 is 189 Å². The van der Waals surface area contributed by atoms with Gasteiger partial charge in [-0.1, -0.05) is 19.1 Å². The van der Waals surface area contributed by atoms with Crippen molar-refractivity contribution in [2.45, 2.75) is 128 Å². The zero-order chi connectivity index (χ0) is 108. The van der Waals surface area contributed by atoms with E-state index in [0.29, 0.717) is 96.0 Å². The van der Waals surface area contributed by atoms with Crippen molar-refractivity contribution in [2.24, 2.45) is 10.8 Å². The van der Waals surface area contributed by atoms with Crippen molar-refractivity contribution in [3.05, 3.63) is 36.5 Å². The van der Waals surface area contributed by atoms with E-state index in [-0.39, 0.29) is 332 Å². The summed E-state index contributed by atoms with van der Waals surface area (Å²) in [6, 6.07) is -2.26. The third-order valence-corrected chi connectivity index (χ3v) is 24.4. The third-order valence-electron chi connectivity index (χ3n) is 24.4. The maximum atomic E-state index is 13.1. The number of rotatable bonds is 66. The van der Waals surface area contributed by atoms with Crippen molar-refractivity contribution in [2.75, 3.05) is 315 Å². The minimum absolute atomic E-state index is 0.00390. The Morgan fingerprint density at radius 2 is 0.615 bits per heavy atom. The largest absolute Gasteiger partial charge is 0.480 e. The van der Waals surface area contributed by atoms with Crippen LogP contribution in [0, 0.1) is 10.8 Å². The summed E-state index contributed by atoms with van der Waals surface area (Å²) >= 11 is 0.